The summed E-state index contributed by atoms with van der Waals surface area (Å²) in [6, 6.07) is 18.7. The molecule has 2 atom stereocenters. The lowest BCUT2D eigenvalue weighted by Crippen LogP contribution is -2.45. The molecule has 3 aromatic rings. The Bertz CT molecular complexity index is 1500. The van der Waals surface area contributed by atoms with Crippen LogP contribution in [-0.4, -0.2) is 45.7 Å². The Balaban J connectivity index is 1.36. The van der Waals surface area contributed by atoms with E-state index in [-0.39, 0.29) is 18.8 Å². The van der Waals surface area contributed by atoms with E-state index in [1.165, 1.54) is 11.3 Å². The van der Waals surface area contributed by atoms with Crippen molar-refractivity contribution in [2.45, 2.75) is 62.9 Å². The monoisotopic (exact) mass is 613 g/mol. The second-order valence-corrected chi connectivity index (χ2v) is 13.9. The maximum atomic E-state index is 13.6. The zero-order valence-electron chi connectivity index (χ0n) is 23.5. The minimum Gasteiger partial charge on any atom is -0.434 e. The Morgan fingerprint density at radius 2 is 1.79 bits per heavy atom. The molecule has 1 N–H and O–H groups in total. The molecule has 5 rings (SSSR count). The number of hydrogen-bond donors (Lipinski definition) is 1. The predicted molar refractivity (Wildman–Crippen MR) is 160 cm³/mol. The summed E-state index contributed by atoms with van der Waals surface area (Å²) in [5, 5.41) is 0. The minimum atomic E-state index is -3.60. The zero-order valence-corrected chi connectivity index (χ0v) is 25.1. The Hall–Kier alpha value is -3.25. The standard InChI is InChI=1S/C31H35NO8S2/c1-2-37-30(34)39-25-10-4-3-9-24(25)22-12-14-23(15-13-22)26-16-17-27(41-26)31(18-6-8-20-42(31,35)36)21-28(33)32-40-29-11-5-7-19-38-29/h3-4,9-10,12-17,29H,2,5-8,11,18-21H2,1H3,(H,32,33)/t29?,31-/m0/s1. The van der Waals surface area contributed by atoms with Crippen LogP contribution in [0.4, 0.5) is 4.79 Å². The van der Waals surface area contributed by atoms with Gasteiger partial charge in [0.1, 0.15) is 10.5 Å². The van der Waals surface area contributed by atoms with E-state index in [4.69, 9.17) is 19.0 Å². The van der Waals surface area contributed by atoms with Gasteiger partial charge in [-0.15, -0.1) is 11.3 Å². The lowest BCUT2D eigenvalue weighted by atomic mass is 9.94. The van der Waals surface area contributed by atoms with Gasteiger partial charge in [0.15, 0.2) is 16.1 Å². The van der Waals surface area contributed by atoms with Crippen molar-refractivity contribution in [2.75, 3.05) is 19.0 Å². The Morgan fingerprint density at radius 1 is 1.00 bits per heavy atom. The van der Waals surface area contributed by atoms with Crippen molar-refractivity contribution >= 4 is 33.2 Å². The van der Waals surface area contributed by atoms with E-state index >= 15 is 0 Å². The van der Waals surface area contributed by atoms with Gasteiger partial charge in [0.25, 0.3) is 0 Å². The van der Waals surface area contributed by atoms with E-state index in [1.807, 2.05) is 48.5 Å². The largest absolute Gasteiger partial charge is 0.513 e. The van der Waals surface area contributed by atoms with Crippen LogP contribution in [-0.2, 0) is 33.7 Å². The van der Waals surface area contributed by atoms with Gasteiger partial charge in [0.05, 0.1) is 18.8 Å². The molecule has 2 aliphatic heterocycles. The van der Waals surface area contributed by atoms with Crippen LogP contribution < -0.4 is 10.2 Å². The molecule has 2 saturated heterocycles. The molecule has 2 fully saturated rings. The Kier molecular flexibility index (Phi) is 9.62. The summed E-state index contributed by atoms with van der Waals surface area (Å²) < 4.78 is 41.6. The predicted octanol–water partition coefficient (Wildman–Crippen LogP) is 6.38. The molecule has 42 heavy (non-hydrogen) atoms. The van der Waals surface area contributed by atoms with E-state index in [2.05, 4.69) is 5.48 Å². The summed E-state index contributed by atoms with van der Waals surface area (Å²) in [7, 11) is -3.60. The van der Waals surface area contributed by atoms with Gasteiger partial charge in [-0.1, -0.05) is 48.9 Å². The van der Waals surface area contributed by atoms with Crippen molar-refractivity contribution in [1.29, 1.82) is 0 Å². The van der Waals surface area contributed by atoms with Crippen LogP contribution in [0.5, 0.6) is 5.75 Å². The number of carbonyl (C=O) groups is 2. The van der Waals surface area contributed by atoms with Gasteiger partial charge in [-0.25, -0.2) is 23.5 Å². The highest BCUT2D eigenvalue weighted by Gasteiger charge is 2.49. The van der Waals surface area contributed by atoms with E-state index < -0.39 is 32.9 Å². The quantitative estimate of drug-likeness (QED) is 0.168. The maximum Gasteiger partial charge on any atom is 0.513 e. The van der Waals surface area contributed by atoms with Gasteiger partial charge >= 0.3 is 6.16 Å². The molecule has 1 amide bonds. The number of ether oxygens (including phenoxy) is 3. The zero-order chi connectivity index (χ0) is 29.6. The van der Waals surface area contributed by atoms with Crippen molar-refractivity contribution < 1.29 is 37.1 Å². The Morgan fingerprint density at radius 3 is 2.52 bits per heavy atom. The molecule has 11 heteroatoms. The van der Waals surface area contributed by atoms with E-state index in [9.17, 15) is 18.0 Å². The van der Waals surface area contributed by atoms with Crippen molar-refractivity contribution in [3.05, 3.63) is 65.5 Å². The van der Waals surface area contributed by atoms with E-state index in [0.717, 1.165) is 34.4 Å². The first-order valence-corrected chi connectivity index (χ1v) is 16.7. The summed E-state index contributed by atoms with van der Waals surface area (Å²) in [6.07, 6.45) is 2.77. The van der Waals surface area contributed by atoms with Crippen LogP contribution in [0.25, 0.3) is 21.6 Å². The Labute approximate surface area is 250 Å². The highest BCUT2D eigenvalue weighted by atomic mass is 32.2. The van der Waals surface area contributed by atoms with E-state index in [1.54, 1.807) is 19.1 Å². The average molecular weight is 614 g/mol. The van der Waals surface area contributed by atoms with Gasteiger partial charge in [0.2, 0.25) is 5.91 Å². The lowest BCUT2D eigenvalue weighted by molar-refractivity contribution is -0.200. The summed E-state index contributed by atoms with van der Waals surface area (Å²) in [5.41, 5.74) is 4.95. The fourth-order valence-electron chi connectivity index (χ4n) is 5.43. The molecule has 1 aromatic heterocycles. The topological polar surface area (TPSA) is 117 Å². The van der Waals surface area contributed by atoms with Crippen LogP contribution in [0, 0.1) is 0 Å². The number of para-hydroxylation sites is 1. The number of amides is 1. The highest BCUT2D eigenvalue weighted by molar-refractivity contribution is 7.92. The van der Waals surface area contributed by atoms with Crippen molar-refractivity contribution in [2.24, 2.45) is 0 Å². The number of nitrogens with one attached hydrogen (secondary N) is 1. The third kappa shape index (κ3) is 6.70. The van der Waals surface area contributed by atoms with Crippen LogP contribution >= 0.6 is 11.3 Å². The van der Waals surface area contributed by atoms with Gasteiger partial charge < -0.3 is 14.2 Å². The highest BCUT2D eigenvalue weighted by Crippen LogP contribution is 2.47. The summed E-state index contributed by atoms with van der Waals surface area (Å²) >= 11 is 1.39. The molecule has 0 saturated carbocycles. The first-order valence-electron chi connectivity index (χ1n) is 14.2. The fourth-order valence-corrected chi connectivity index (χ4v) is 9.21. The van der Waals surface area contributed by atoms with Crippen LogP contribution in [0.15, 0.2) is 60.7 Å². The normalized spacial score (nSPS) is 21.8. The second kappa shape index (κ2) is 13.4. The lowest BCUT2D eigenvalue weighted by Gasteiger charge is -2.35. The minimum absolute atomic E-state index is 0.0437. The number of carbonyl (C=O) groups excluding carboxylic acids is 2. The second-order valence-electron chi connectivity index (χ2n) is 10.4. The third-order valence-electron chi connectivity index (χ3n) is 7.61. The van der Waals surface area contributed by atoms with Crippen LogP contribution in [0.2, 0.25) is 0 Å². The SMILES string of the molecule is CCOC(=O)Oc1ccccc1-c1ccc(-c2ccc([C@@]3(CC(=O)NOC4CCCCO4)CCCCS3(=O)=O)s2)cc1. The maximum absolute atomic E-state index is 13.6. The molecule has 0 aliphatic carbocycles. The van der Waals surface area contributed by atoms with Crippen LogP contribution in [0.3, 0.4) is 0 Å². The van der Waals surface area contributed by atoms with E-state index in [0.29, 0.717) is 42.9 Å². The smallest absolute Gasteiger partial charge is 0.434 e. The molecule has 0 radical (unpaired) electrons. The molecule has 2 aliphatic rings. The molecule has 9 nitrogen and oxygen atoms in total. The molecule has 0 bridgehead atoms. The number of benzene rings is 2. The average Bonchev–Trinajstić information content (AvgIpc) is 3.49. The van der Waals surface area contributed by atoms with Gasteiger partial charge in [0, 0.05) is 28.3 Å². The number of thiophene rings is 1. The van der Waals surface area contributed by atoms with Gasteiger partial charge in [-0.2, -0.15) is 0 Å². The molecule has 0 spiro atoms. The van der Waals surface area contributed by atoms with Gasteiger partial charge in [-0.3, -0.25) is 4.79 Å². The molecule has 2 aromatic carbocycles. The fraction of sp³-hybridized carbons (Fsp3) is 0.419. The van der Waals surface area contributed by atoms with Crippen LogP contribution in [0.1, 0.15) is 56.7 Å². The summed E-state index contributed by atoms with van der Waals surface area (Å²) in [6.45, 7) is 2.50. The molecular formula is C31H35NO8S2. The number of hydroxylamine groups is 1. The van der Waals surface area contributed by atoms with Crippen molar-refractivity contribution in [1.82, 2.24) is 5.48 Å². The molecule has 1 unspecified atom stereocenters. The van der Waals surface area contributed by atoms with Crippen molar-refractivity contribution in [3.63, 3.8) is 0 Å². The number of sulfone groups is 1. The molecule has 224 valence electrons. The first-order chi connectivity index (χ1) is 20.3. The summed E-state index contributed by atoms with van der Waals surface area (Å²) in [5.74, 6) is -0.0382. The first kappa shape index (κ1) is 30.2. The molecule has 3 heterocycles. The van der Waals surface area contributed by atoms with Gasteiger partial charge in [-0.05, 0) is 61.9 Å². The summed E-state index contributed by atoms with van der Waals surface area (Å²) in [4.78, 5) is 31.9. The number of hydrogen-bond acceptors (Lipinski definition) is 9. The van der Waals surface area contributed by atoms with Crippen molar-refractivity contribution in [3.8, 4) is 27.3 Å². The molecular weight excluding hydrogens is 578 g/mol. The third-order valence-corrected chi connectivity index (χ3v) is 11.7. The number of rotatable bonds is 9.